The van der Waals surface area contributed by atoms with Crippen LogP contribution in [0.25, 0.3) is 0 Å². The molecule has 2 heteroatoms. The predicted octanol–water partition coefficient (Wildman–Crippen LogP) is 6.55. The average Bonchev–Trinajstić information content (AvgIpc) is 2.54. The van der Waals surface area contributed by atoms with E-state index < -0.39 is 0 Å². The van der Waals surface area contributed by atoms with Crippen molar-refractivity contribution in [2.24, 2.45) is 0 Å². The Labute approximate surface area is 148 Å². The van der Waals surface area contributed by atoms with Crippen LogP contribution in [0.5, 0.6) is 0 Å². The quantitative estimate of drug-likeness (QED) is 0.562. The Morgan fingerprint density at radius 2 is 0.864 bits per heavy atom. The summed E-state index contributed by atoms with van der Waals surface area (Å²) >= 11 is 9.14. The monoisotopic (exact) mass is 336 g/mol. The fourth-order valence-electron chi connectivity index (χ4n) is 3.60. The lowest BCUT2D eigenvalue weighted by Gasteiger charge is -2.15. The van der Waals surface area contributed by atoms with Crippen molar-refractivity contribution in [2.45, 2.75) is 88.6 Å². The van der Waals surface area contributed by atoms with Crippen LogP contribution in [0.3, 0.4) is 0 Å². The van der Waals surface area contributed by atoms with Gasteiger partial charge in [0.15, 0.2) is 0 Å². The Morgan fingerprint density at radius 1 is 0.545 bits per heavy atom. The van der Waals surface area contributed by atoms with Gasteiger partial charge in [-0.15, -0.1) is 0 Å². The molecule has 2 aliphatic rings. The number of hydrogen-bond acceptors (Lipinski definition) is 2. The minimum atomic E-state index is 0.870. The van der Waals surface area contributed by atoms with E-state index in [-0.39, 0.29) is 0 Å². The van der Waals surface area contributed by atoms with Crippen LogP contribution in [-0.4, -0.2) is 0 Å². The molecule has 3 rings (SSSR count). The van der Waals surface area contributed by atoms with Crippen molar-refractivity contribution < 1.29 is 0 Å². The van der Waals surface area contributed by atoms with E-state index in [9.17, 15) is 0 Å². The third-order valence-corrected chi connectivity index (χ3v) is 5.69. The van der Waals surface area contributed by atoms with Crippen molar-refractivity contribution in [3.05, 3.63) is 34.4 Å². The van der Waals surface area contributed by atoms with E-state index >= 15 is 0 Å². The molecule has 0 aromatic heterocycles. The van der Waals surface area contributed by atoms with E-state index in [0.29, 0.717) is 0 Å². The first-order chi connectivity index (χ1) is 10.8. The summed E-state index contributed by atoms with van der Waals surface area (Å²) in [5.74, 6) is 1.74. The number of fused-ring (bicyclic) bond motifs is 13. The van der Waals surface area contributed by atoms with Gasteiger partial charge in [0, 0.05) is 11.5 Å². The molecule has 0 amide bonds. The first kappa shape index (κ1) is 18.3. The van der Waals surface area contributed by atoms with Gasteiger partial charge in [0.1, 0.15) is 0 Å². The van der Waals surface area contributed by atoms with E-state index in [1.54, 1.807) is 0 Å². The summed E-state index contributed by atoms with van der Waals surface area (Å²) in [7, 11) is 0. The van der Waals surface area contributed by atoms with Gasteiger partial charge in [-0.05, 0) is 47.9 Å². The van der Waals surface area contributed by atoms with Crippen molar-refractivity contribution in [1.82, 2.24) is 0 Å². The van der Waals surface area contributed by atoms with Gasteiger partial charge in [0.2, 0.25) is 0 Å². The summed E-state index contributed by atoms with van der Waals surface area (Å²) in [4.78, 5) is 0. The van der Waals surface area contributed by atoms with Crippen molar-refractivity contribution in [2.75, 3.05) is 0 Å². The Morgan fingerprint density at radius 3 is 1.18 bits per heavy atom. The summed E-state index contributed by atoms with van der Waals surface area (Å²) < 4.78 is 0. The minimum absolute atomic E-state index is 0.870. The maximum Gasteiger partial charge on any atom is 0.0157 e. The van der Waals surface area contributed by atoms with Gasteiger partial charge in [-0.25, -0.2) is 0 Å². The lowest BCUT2D eigenvalue weighted by atomic mass is 9.93. The molecule has 0 unspecified atom stereocenters. The second-order valence-electron chi connectivity index (χ2n) is 6.74. The highest BCUT2D eigenvalue weighted by Crippen LogP contribution is 2.25. The Hall–Kier alpha value is -0.0800. The molecule has 0 heterocycles. The van der Waals surface area contributed by atoms with Crippen molar-refractivity contribution >= 4 is 25.3 Å². The van der Waals surface area contributed by atoms with Gasteiger partial charge < -0.3 is 0 Å². The zero-order chi connectivity index (χ0) is 15.6. The second-order valence-corrected chi connectivity index (χ2v) is 7.37. The molecule has 2 bridgehead atoms. The minimum Gasteiger partial charge on any atom is -0.175 e. The number of aryl methyl sites for hydroxylation is 2. The molecule has 0 radical (unpaired) electrons. The van der Waals surface area contributed by atoms with Crippen LogP contribution in [-0.2, 0) is 24.3 Å². The fraction of sp³-hybridized carbons (Fsp3) is 0.700. The molecule has 1 aromatic carbocycles. The average molecular weight is 337 g/mol. The first-order valence-corrected chi connectivity index (χ1v) is 10.5. The fourth-order valence-corrected chi connectivity index (χ4v) is 4.19. The van der Waals surface area contributed by atoms with Gasteiger partial charge >= 0.3 is 0 Å². The molecule has 0 spiro atoms. The van der Waals surface area contributed by atoms with Gasteiger partial charge in [0.25, 0.3) is 0 Å². The Bertz CT molecular complexity index is 398. The van der Waals surface area contributed by atoms with Crippen LogP contribution in [0.15, 0.2) is 12.1 Å². The number of rotatable bonds is 2. The van der Waals surface area contributed by atoms with Crippen LogP contribution >= 0.6 is 25.3 Å². The largest absolute Gasteiger partial charge is 0.175 e. The van der Waals surface area contributed by atoms with Crippen LogP contribution < -0.4 is 0 Å². The zero-order valence-corrected chi connectivity index (χ0v) is 15.7. The maximum atomic E-state index is 4.57. The highest BCUT2D eigenvalue weighted by Gasteiger charge is 2.09. The van der Waals surface area contributed by atoms with Gasteiger partial charge in [-0.2, -0.15) is 25.3 Å². The summed E-state index contributed by atoms with van der Waals surface area (Å²) in [6.45, 7) is 0. The molecular weight excluding hydrogens is 304 g/mol. The third kappa shape index (κ3) is 5.85. The topological polar surface area (TPSA) is 0 Å². The third-order valence-electron chi connectivity index (χ3n) is 5.00. The second kappa shape index (κ2) is 10.6. The summed E-state index contributed by atoms with van der Waals surface area (Å²) in [5.41, 5.74) is 5.96. The molecule has 0 nitrogen and oxygen atoms in total. The lowest BCUT2D eigenvalue weighted by Crippen LogP contribution is -2.01. The molecule has 0 saturated heterocycles. The molecular formula is C20H32S2. The molecule has 1 aromatic rings. The summed E-state index contributed by atoms with van der Waals surface area (Å²) in [6.07, 6.45) is 16.4. The molecule has 0 fully saturated rings. The van der Waals surface area contributed by atoms with E-state index in [2.05, 4.69) is 37.4 Å². The van der Waals surface area contributed by atoms with Crippen molar-refractivity contribution in [1.29, 1.82) is 0 Å². The van der Waals surface area contributed by atoms with Crippen molar-refractivity contribution in [3.8, 4) is 0 Å². The molecule has 2 aliphatic carbocycles. The zero-order valence-electron chi connectivity index (χ0n) is 13.9. The predicted molar refractivity (Wildman–Crippen MR) is 105 cm³/mol. The number of benzene rings is 1. The molecule has 0 N–H and O–H groups in total. The number of hydrogen-bond donors (Lipinski definition) is 2. The van der Waals surface area contributed by atoms with Crippen molar-refractivity contribution in [3.63, 3.8) is 0 Å². The SMILES string of the molecule is SCc1cc2c(CS)cc1CCCCCCCCCCCC2. The van der Waals surface area contributed by atoms with Gasteiger partial charge in [0.05, 0.1) is 0 Å². The van der Waals surface area contributed by atoms with E-state index in [4.69, 9.17) is 0 Å². The Kier molecular flexibility index (Phi) is 8.84. The van der Waals surface area contributed by atoms with Gasteiger partial charge in [-0.1, -0.05) is 63.5 Å². The van der Waals surface area contributed by atoms with Crippen LogP contribution in [0.2, 0.25) is 0 Å². The van der Waals surface area contributed by atoms with E-state index in [1.807, 2.05) is 0 Å². The highest BCUT2D eigenvalue weighted by molar-refractivity contribution is 7.79. The van der Waals surface area contributed by atoms with E-state index in [1.165, 1.54) is 99.3 Å². The molecule has 0 atom stereocenters. The van der Waals surface area contributed by atoms with Crippen LogP contribution in [0.1, 0.15) is 86.5 Å². The smallest absolute Gasteiger partial charge is 0.0157 e. The first-order valence-electron chi connectivity index (χ1n) is 9.20. The molecule has 0 saturated carbocycles. The standard InChI is InChI=1S/C20H32S2/c21-15-19-14-18-12-10-8-6-4-2-1-3-5-7-9-11-17(19)13-20(18)16-22/h13-14,21-22H,1-12,15-16H2. The normalized spacial score (nSPS) is 18.5. The van der Waals surface area contributed by atoms with Crippen LogP contribution in [0, 0.1) is 0 Å². The van der Waals surface area contributed by atoms with Gasteiger partial charge in [-0.3, -0.25) is 0 Å². The highest BCUT2D eigenvalue weighted by atomic mass is 32.1. The molecule has 22 heavy (non-hydrogen) atoms. The lowest BCUT2D eigenvalue weighted by molar-refractivity contribution is 0.550. The Balaban J connectivity index is 2.12. The molecule has 0 aliphatic heterocycles. The molecule has 124 valence electrons. The maximum absolute atomic E-state index is 4.57. The van der Waals surface area contributed by atoms with E-state index in [0.717, 1.165) is 11.5 Å². The van der Waals surface area contributed by atoms with Crippen LogP contribution in [0.4, 0.5) is 0 Å². The summed E-state index contributed by atoms with van der Waals surface area (Å²) in [5, 5.41) is 0. The number of thiol groups is 2. The summed E-state index contributed by atoms with van der Waals surface area (Å²) in [6, 6.07) is 4.86.